The predicted molar refractivity (Wildman–Crippen MR) is 97.3 cm³/mol. The van der Waals surface area contributed by atoms with Crippen LogP contribution in [0.15, 0.2) is 29.3 Å². The Bertz CT molecular complexity index is 700. The second kappa shape index (κ2) is 8.83. The minimum atomic E-state index is -1.63. The topological polar surface area (TPSA) is 112 Å². The Morgan fingerprint density at radius 1 is 1.33 bits per heavy atom. The molecule has 0 radical (unpaired) electrons. The minimum Gasteiger partial charge on any atom is -0.473 e. The average Bonchev–Trinajstić information content (AvgIpc) is 3.05. The van der Waals surface area contributed by atoms with E-state index in [1.807, 2.05) is 31.2 Å². The summed E-state index contributed by atoms with van der Waals surface area (Å²) in [5.41, 5.74) is 1.93. The summed E-state index contributed by atoms with van der Waals surface area (Å²) in [5.74, 6) is -2.46. The number of aliphatic carboxylic acids is 1. The Kier molecular flexibility index (Phi) is 6.25. The molecule has 0 aromatic heterocycles. The second-order valence-corrected chi connectivity index (χ2v) is 6.49. The average molecular weight is 376 g/mol. The SMILES string of the molecule is Cc1ccc(C2N=C(NCCN3CCOCC3)NC2OC(=O)C(=O)O)cc1. The highest BCUT2D eigenvalue weighted by Crippen LogP contribution is 2.26. The van der Waals surface area contributed by atoms with Crippen LogP contribution < -0.4 is 10.6 Å². The van der Waals surface area contributed by atoms with E-state index in [1.165, 1.54) is 0 Å². The Balaban J connectivity index is 1.63. The zero-order chi connectivity index (χ0) is 19.2. The van der Waals surface area contributed by atoms with Gasteiger partial charge in [-0.05, 0) is 12.5 Å². The van der Waals surface area contributed by atoms with Crippen molar-refractivity contribution in [2.75, 3.05) is 39.4 Å². The molecule has 2 aliphatic rings. The first-order valence-corrected chi connectivity index (χ1v) is 8.92. The molecule has 9 nitrogen and oxygen atoms in total. The van der Waals surface area contributed by atoms with Gasteiger partial charge in [-0.1, -0.05) is 29.8 Å². The third kappa shape index (κ3) is 5.18. The number of carbonyl (C=O) groups is 2. The Hall–Kier alpha value is -2.65. The number of rotatable bonds is 5. The van der Waals surface area contributed by atoms with E-state index in [4.69, 9.17) is 14.6 Å². The van der Waals surface area contributed by atoms with Crippen LogP contribution in [0.5, 0.6) is 0 Å². The highest BCUT2D eigenvalue weighted by atomic mass is 16.6. The number of aryl methyl sites for hydroxylation is 1. The number of carboxylic acids is 1. The molecule has 2 unspecified atom stereocenters. The molecule has 146 valence electrons. The van der Waals surface area contributed by atoms with Crippen molar-refractivity contribution in [1.29, 1.82) is 0 Å². The van der Waals surface area contributed by atoms with Crippen LogP contribution in [0.3, 0.4) is 0 Å². The highest BCUT2D eigenvalue weighted by Gasteiger charge is 2.34. The summed E-state index contributed by atoms with van der Waals surface area (Å²) >= 11 is 0. The van der Waals surface area contributed by atoms with Crippen molar-refractivity contribution in [2.45, 2.75) is 19.2 Å². The van der Waals surface area contributed by atoms with Crippen LogP contribution in [0.4, 0.5) is 0 Å². The molecule has 27 heavy (non-hydrogen) atoms. The van der Waals surface area contributed by atoms with E-state index in [9.17, 15) is 9.59 Å². The molecule has 0 amide bonds. The largest absolute Gasteiger partial charge is 0.473 e. The van der Waals surface area contributed by atoms with E-state index in [0.29, 0.717) is 12.5 Å². The smallest absolute Gasteiger partial charge is 0.419 e. The lowest BCUT2D eigenvalue weighted by Gasteiger charge is -2.26. The van der Waals surface area contributed by atoms with Crippen LogP contribution in [-0.4, -0.2) is 73.5 Å². The van der Waals surface area contributed by atoms with E-state index in [1.54, 1.807) is 0 Å². The van der Waals surface area contributed by atoms with Crippen LogP contribution in [0.2, 0.25) is 0 Å². The molecule has 1 fully saturated rings. The lowest BCUT2D eigenvalue weighted by Crippen LogP contribution is -2.46. The van der Waals surface area contributed by atoms with E-state index >= 15 is 0 Å². The fourth-order valence-electron chi connectivity index (χ4n) is 2.98. The van der Waals surface area contributed by atoms with Gasteiger partial charge < -0.3 is 25.2 Å². The Labute approximate surface area is 157 Å². The quantitative estimate of drug-likeness (QED) is 0.481. The van der Waals surface area contributed by atoms with Crippen molar-refractivity contribution in [3.8, 4) is 0 Å². The second-order valence-electron chi connectivity index (χ2n) is 6.49. The number of guanidine groups is 1. The van der Waals surface area contributed by atoms with Crippen molar-refractivity contribution >= 4 is 17.9 Å². The number of carboxylic acid groups (broad SMARTS) is 1. The molecule has 0 saturated carbocycles. The van der Waals surface area contributed by atoms with Crippen LogP contribution in [0, 0.1) is 6.92 Å². The normalized spacial score (nSPS) is 22.6. The van der Waals surface area contributed by atoms with Gasteiger partial charge >= 0.3 is 11.9 Å². The van der Waals surface area contributed by atoms with Gasteiger partial charge in [-0.25, -0.2) is 14.6 Å². The summed E-state index contributed by atoms with van der Waals surface area (Å²) in [6, 6.07) is 7.14. The zero-order valence-electron chi connectivity index (χ0n) is 15.2. The third-order valence-corrected chi connectivity index (χ3v) is 4.49. The summed E-state index contributed by atoms with van der Waals surface area (Å²) in [6.45, 7) is 6.73. The number of nitrogens with zero attached hydrogens (tertiary/aromatic N) is 2. The molecule has 2 heterocycles. The Morgan fingerprint density at radius 3 is 2.70 bits per heavy atom. The number of morpholine rings is 1. The van der Waals surface area contributed by atoms with E-state index < -0.39 is 24.2 Å². The molecule has 2 aliphatic heterocycles. The molecule has 9 heteroatoms. The third-order valence-electron chi connectivity index (χ3n) is 4.49. The van der Waals surface area contributed by atoms with Crippen LogP contribution in [-0.2, 0) is 19.1 Å². The van der Waals surface area contributed by atoms with Crippen molar-refractivity contribution in [3.05, 3.63) is 35.4 Å². The summed E-state index contributed by atoms with van der Waals surface area (Å²) in [4.78, 5) is 29.2. The number of hydrogen-bond donors (Lipinski definition) is 3. The molecule has 0 spiro atoms. The van der Waals surface area contributed by atoms with Crippen molar-refractivity contribution in [2.24, 2.45) is 4.99 Å². The number of aliphatic imine (C=N–C) groups is 1. The van der Waals surface area contributed by atoms with Gasteiger partial charge in [0.15, 0.2) is 5.96 Å². The standard InChI is InChI=1S/C18H24N4O5/c1-12-2-4-13(5-3-12)14-15(27-17(25)16(23)24)21-18(20-14)19-6-7-22-8-10-26-11-9-22/h2-5,14-15H,6-11H2,1H3,(H,23,24)(H2,19,20,21). The Morgan fingerprint density at radius 2 is 2.04 bits per heavy atom. The number of esters is 1. The first-order chi connectivity index (χ1) is 13.0. The van der Waals surface area contributed by atoms with Crippen molar-refractivity contribution in [1.82, 2.24) is 15.5 Å². The summed E-state index contributed by atoms with van der Waals surface area (Å²) in [6.07, 6.45) is -0.873. The van der Waals surface area contributed by atoms with Gasteiger partial charge in [0.1, 0.15) is 6.04 Å². The maximum absolute atomic E-state index is 11.5. The number of carbonyl (C=O) groups excluding carboxylic acids is 1. The van der Waals surface area contributed by atoms with Gasteiger partial charge in [-0.3, -0.25) is 4.90 Å². The molecule has 0 bridgehead atoms. The van der Waals surface area contributed by atoms with E-state index in [2.05, 4.69) is 20.5 Å². The molecule has 1 saturated heterocycles. The maximum Gasteiger partial charge on any atom is 0.419 e. The highest BCUT2D eigenvalue weighted by molar-refractivity contribution is 6.28. The van der Waals surface area contributed by atoms with Gasteiger partial charge in [-0.15, -0.1) is 0 Å². The van der Waals surface area contributed by atoms with Gasteiger partial charge in [0, 0.05) is 26.2 Å². The van der Waals surface area contributed by atoms with Gasteiger partial charge in [0.2, 0.25) is 6.23 Å². The molecule has 1 aromatic carbocycles. The first-order valence-electron chi connectivity index (χ1n) is 8.92. The molecule has 3 N–H and O–H groups in total. The summed E-state index contributed by atoms with van der Waals surface area (Å²) in [7, 11) is 0. The lowest BCUT2D eigenvalue weighted by molar-refractivity contribution is -0.168. The molecular weight excluding hydrogens is 352 g/mol. The summed E-state index contributed by atoms with van der Waals surface area (Å²) < 4.78 is 10.4. The lowest BCUT2D eigenvalue weighted by atomic mass is 10.1. The van der Waals surface area contributed by atoms with Crippen molar-refractivity contribution < 1.29 is 24.2 Å². The van der Waals surface area contributed by atoms with Gasteiger partial charge in [-0.2, -0.15) is 0 Å². The number of benzene rings is 1. The van der Waals surface area contributed by atoms with Crippen LogP contribution >= 0.6 is 0 Å². The van der Waals surface area contributed by atoms with Gasteiger partial charge in [0.05, 0.1) is 13.2 Å². The fourth-order valence-corrected chi connectivity index (χ4v) is 2.98. The van der Waals surface area contributed by atoms with E-state index in [-0.39, 0.29) is 0 Å². The first kappa shape index (κ1) is 19.1. The zero-order valence-corrected chi connectivity index (χ0v) is 15.2. The van der Waals surface area contributed by atoms with Crippen LogP contribution in [0.25, 0.3) is 0 Å². The monoisotopic (exact) mass is 376 g/mol. The predicted octanol–water partition coefficient (Wildman–Crippen LogP) is -0.129. The fraction of sp³-hybridized carbons (Fsp3) is 0.500. The number of hydrogen-bond acceptors (Lipinski definition) is 8. The molecular formula is C18H24N4O5. The van der Waals surface area contributed by atoms with Crippen molar-refractivity contribution in [3.63, 3.8) is 0 Å². The molecule has 0 aliphatic carbocycles. The molecule has 1 aromatic rings. The molecule has 2 atom stereocenters. The maximum atomic E-state index is 11.5. The van der Waals surface area contributed by atoms with Crippen LogP contribution in [0.1, 0.15) is 17.2 Å². The van der Waals surface area contributed by atoms with Gasteiger partial charge in [0.25, 0.3) is 0 Å². The summed E-state index contributed by atoms with van der Waals surface area (Å²) in [5, 5.41) is 15.0. The number of nitrogens with one attached hydrogen (secondary N) is 2. The number of ether oxygens (including phenoxy) is 2. The van der Waals surface area contributed by atoms with E-state index in [0.717, 1.165) is 44.0 Å². The minimum absolute atomic E-state index is 0.483. The molecule has 3 rings (SSSR count).